The summed E-state index contributed by atoms with van der Waals surface area (Å²) in [5, 5.41) is 0. The van der Waals surface area contributed by atoms with Crippen molar-refractivity contribution in [2.75, 3.05) is 39.8 Å². The van der Waals surface area contributed by atoms with Gasteiger partial charge in [-0.1, -0.05) is 0 Å². The molecule has 1 aliphatic rings. The quantitative estimate of drug-likeness (QED) is 0.583. The van der Waals surface area contributed by atoms with Crippen LogP contribution in [-0.4, -0.2) is 55.7 Å². The number of nitrogens with zero attached hydrogens (tertiary/aromatic N) is 2. The summed E-state index contributed by atoms with van der Waals surface area (Å²) in [6, 6.07) is 0. The lowest BCUT2D eigenvalue weighted by molar-refractivity contribution is 0.127. The smallest absolute Gasteiger partial charge is 0.110 e. The van der Waals surface area contributed by atoms with Crippen LogP contribution in [0.3, 0.4) is 0 Å². The van der Waals surface area contributed by atoms with Crippen LogP contribution in [0.2, 0.25) is 0 Å². The minimum atomic E-state index is -0.682. The summed E-state index contributed by atoms with van der Waals surface area (Å²) >= 11 is 0. The van der Waals surface area contributed by atoms with Gasteiger partial charge in [0.2, 0.25) is 0 Å². The maximum Gasteiger partial charge on any atom is 0.110 e. The van der Waals surface area contributed by atoms with Crippen molar-refractivity contribution in [3.05, 3.63) is 0 Å². The molecule has 0 amide bonds. The molecule has 0 spiro atoms. The highest BCUT2D eigenvalue weighted by Crippen LogP contribution is 2.01. The number of hydrogen-bond acceptors (Lipinski definition) is 2. The van der Waals surface area contributed by atoms with Crippen LogP contribution >= 0.6 is 0 Å². The van der Waals surface area contributed by atoms with E-state index in [1.54, 1.807) is 6.92 Å². The van der Waals surface area contributed by atoms with Crippen LogP contribution in [0.4, 0.5) is 4.39 Å². The van der Waals surface area contributed by atoms with Crippen LogP contribution in [0.1, 0.15) is 6.92 Å². The molecule has 1 heterocycles. The number of hydrogen-bond donors (Lipinski definition) is 0. The molecular formula is C8H17FN2. The Kier molecular flexibility index (Phi) is 3.27. The standard InChI is InChI=1S/C8H17FN2/c1-8(9)7-11-5-3-10(2)4-6-11/h8H,3-7H2,1-2H3/t8-/m0/s1. The molecule has 0 aromatic carbocycles. The SMILES string of the molecule is C[C@H](F)CN1CCN(C)CC1. The highest BCUT2D eigenvalue weighted by atomic mass is 19.1. The minimum absolute atomic E-state index is 0.605. The van der Waals surface area contributed by atoms with Crippen molar-refractivity contribution in [1.29, 1.82) is 0 Å². The molecule has 0 aliphatic carbocycles. The second-order valence-electron chi connectivity index (χ2n) is 3.38. The Bertz CT molecular complexity index is 109. The molecule has 1 atom stereocenters. The lowest BCUT2D eigenvalue weighted by Gasteiger charge is -2.32. The minimum Gasteiger partial charge on any atom is -0.304 e. The van der Waals surface area contributed by atoms with Gasteiger partial charge in [0.05, 0.1) is 0 Å². The molecule has 11 heavy (non-hydrogen) atoms. The molecule has 1 saturated heterocycles. The van der Waals surface area contributed by atoms with Crippen LogP contribution in [0.15, 0.2) is 0 Å². The summed E-state index contributed by atoms with van der Waals surface area (Å²) in [5.74, 6) is 0. The van der Waals surface area contributed by atoms with Gasteiger partial charge in [0.25, 0.3) is 0 Å². The second-order valence-corrected chi connectivity index (χ2v) is 3.38. The Balaban J connectivity index is 2.17. The van der Waals surface area contributed by atoms with Crippen LogP contribution in [0.5, 0.6) is 0 Å². The van der Waals surface area contributed by atoms with E-state index in [2.05, 4.69) is 16.8 Å². The first-order chi connectivity index (χ1) is 5.18. The predicted octanol–water partition coefficient (Wildman–Crippen LogP) is 0.592. The van der Waals surface area contributed by atoms with Crippen LogP contribution in [0.25, 0.3) is 0 Å². The molecule has 1 fully saturated rings. The fourth-order valence-electron chi connectivity index (χ4n) is 1.39. The first-order valence-corrected chi connectivity index (χ1v) is 4.23. The molecule has 3 heteroatoms. The van der Waals surface area contributed by atoms with Gasteiger partial charge in [0, 0.05) is 32.7 Å². The van der Waals surface area contributed by atoms with Gasteiger partial charge in [-0.2, -0.15) is 0 Å². The van der Waals surface area contributed by atoms with Gasteiger partial charge >= 0.3 is 0 Å². The number of alkyl halides is 1. The van der Waals surface area contributed by atoms with E-state index < -0.39 is 6.17 Å². The molecule has 0 unspecified atom stereocenters. The van der Waals surface area contributed by atoms with Gasteiger partial charge < -0.3 is 4.90 Å². The van der Waals surface area contributed by atoms with Crippen molar-refractivity contribution in [2.24, 2.45) is 0 Å². The molecule has 0 bridgehead atoms. The van der Waals surface area contributed by atoms with E-state index in [1.165, 1.54) is 0 Å². The van der Waals surface area contributed by atoms with Crippen LogP contribution in [-0.2, 0) is 0 Å². The van der Waals surface area contributed by atoms with E-state index in [1.807, 2.05) is 0 Å². The van der Waals surface area contributed by atoms with E-state index in [0.29, 0.717) is 6.54 Å². The van der Waals surface area contributed by atoms with E-state index in [0.717, 1.165) is 26.2 Å². The maximum atomic E-state index is 12.5. The molecule has 1 rings (SSSR count). The van der Waals surface area contributed by atoms with Crippen LogP contribution < -0.4 is 0 Å². The zero-order valence-corrected chi connectivity index (χ0v) is 7.39. The van der Waals surface area contributed by atoms with E-state index in [4.69, 9.17) is 0 Å². The maximum absolute atomic E-state index is 12.5. The van der Waals surface area contributed by atoms with E-state index in [9.17, 15) is 4.39 Å². The lowest BCUT2D eigenvalue weighted by Crippen LogP contribution is -2.46. The van der Waals surface area contributed by atoms with Crippen molar-refractivity contribution in [3.63, 3.8) is 0 Å². The Morgan fingerprint density at radius 1 is 1.27 bits per heavy atom. The zero-order valence-electron chi connectivity index (χ0n) is 7.39. The monoisotopic (exact) mass is 160 g/mol. The molecule has 2 nitrogen and oxygen atoms in total. The molecular weight excluding hydrogens is 143 g/mol. The molecule has 0 aromatic rings. The summed E-state index contributed by atoms with van der Waals surface area (Å²) < 4.78 is 12.5. The highest BCUT2D eigenvalue weighted by Gasteiger charge is 2.14. The first-order valence-electron chi connectivity index (χ1n) is 4.23. The normalized spacial score (nSPS) is 25.4. The van der Waals surface area contributed by atoms with Gasteiger partial charge in [-0.05, 0) is 14.0 Å². The Morgan fingerprint density at radius 2 is 1.82 bits per heavy atom. The van der Waals surface area contributed by atoms with Crippen molar-refractivity contribution in [3.8, 4) is 0 Å². The average Bonchev–Trinajstić information content (AvgIpc) is 1.93. The summed E-state index contributed by atoms with van der Waals surface area (Å²) in [5.41, 5.74) is 0. The summed E-state index contributed by atoms with van der Waals surface area (Å²) in [6.07, 6.45) is -0.682. The fourth-order valence-corrected chi connectivity index (χ4v) is 1.39. The average molecular weight is 160 g/mol. The van der Waals surface area contributed by atoms with E-state index >= 15 is 0 Å². The third-order valence-electron chi connectivity index (χ3n) is 2.11. The number of piperazine rings is 1. The summed E-state index contributed by atoms with van der Waals surface area (Å²) in [7, 11) is 2.11. The van der Waals surface area contributed by atoms with Gasteiger partial charge in [-0.15, -0.1) is 0 Å². The highest BCUT2D eigenvalue weighted by molar-refractivity contribution is 4.70. The molecule has 0 saturated carbocycles. The molecule has 0 N–H and O–H groups in total. The van der Waals surface area contributed by atoms with E-state index in [-0.39, 0.29) is 0 Å². The first kappa shape index (κ1) is 8.94. The third-order valence-corrected chi connectivity index (χ3v) is 2.11. The molecule has 66 valence electrons. The van der Waals surface area contributed by atoms with Crippen molar-refractivity contribution in [2.45, 2.75) is 13.1 Å². The molecule has 0 aromatic heterocycles. The Hall–Kier alpha value is -0.150. The van der Waals surface area contributed by atoms with Gasteiger partial charge in [0.1, 0.15) is 6.17 Å². The molecule has 0 radical (unpaired) electrons. The van der Waals surface area contributed by atoms with Crippen molar-refractivity contribution < 1.29 is 4.39 Å². The largest absolute Gasteiger partial charge is 0.304 e. The third kappa shape index (κ3) is 3.16. The van der Waals surface area contributed by atoms with Gasteiger partial charge in [-0.3, -0.25) is 4.90 Å². The molecule has 1 aliphatic heterocycles. The predicted molar refractivity (Wildman–Crippen MR) is 44.5 cm³/mol. The number of rotatable bonds is 2. The van der Waals surface area contributed by atoms with Crippen LogP contribution in [0, 0.1) is 0 Å². The topological polar surface area (TPSA) is 6.48 Å². The lowest BCUT2D eigenvalue weighted by atomic mass is 10.3. The van der Waals surface area contributed by atoms with Crippen molar-refractivity contribution in [1.82, 2.24) is 9.80 Å². The number of halogens is 1. The fraction of sp³-hybridized carbons (Fsp3) is 1.00. The summed E-state index contributed by atoms with van der Waals surface area (Å²) in [4.78, 5) is 4.46. The van der Waals surface area contributed by atoms with Crippen molar-refractivity contribution >= 4 is 0 Å². The van der Waals surface area contributed by atoms with Gasteiger partial charge in [-0.25, -0.2) is 4.39 Å². The zero-order chi connectivity index (χ0) is 8.27. The summed E-state index contributed by atoms with van der Waals surface area (Å²) in [6.45, 7) is 6.42. The second kappa shape index (κ2) is 4.02. The Morgan fingerprint density at radius 3 is 2.27 bits per heavy atom. The van der Waals surface area contributed by atoms with Gasteiger partial charge in [0.15, 0.2) is 0 Å². The number of likely N-dealkylation sites (N-methyl/N-ethyl adjacent to an activating group) is 1. The Labute approximate surface area is 68.0 Å².